The van der Waals surface area contributed by atoms with Crippen LogP contribution in [0.15, 0.2) is 23.6 Å². The Morgan fingerprint density at radius 2 is 2.13 bits per heavy atom. The average molecular weight is 374 g/mol. The number of thiazole rings is 1. The number of ether oxygens (including phenoxy) is 1. The number of hydrogen-bond acceptors (Lipinski definition) is 5. The van der Waals surface area contributed by atoms with Crippen molar-refractivity contribution in [3.8, 4) is 5.75 Å². The summed E-state index contributed by atoms with van der Waals surface area (Å²) in [6.45, 7) is 2.08. The van der Waals surface area contributed by atoms with E-state index in [-0.39, 0.29) is 18.2 Å². The minimum Gasteiger partial charge on any atom is -0.482 e. The molecular weight excluding hydrogens is 361 g/mol. The maximum absolute atomic E-state index is 11.8. The van der Waals surface area contributed by atoms with Gasteiger partial charge < -0.3 is 10.1 Å². The molecule has 0 spiro atoms. The fourth-order valence-electron chi connectivity index (χ4n) is 1.58. The molecule has 9 heteroatoms. The Balaban J connectivity index is 1.88. The Morgan fingerprint density at radius 1 is 1.35 bits per heavy atom. The van der Waals surface area contributed by atoms with Gasteiger partial charge in [-0.15, -0.1) is 11.3 Å². The molecule has 122 valence electrons. The number of carbonyl (C=O) groups excluding carboxylic acids is 2. The highest BCUT2D eigenvalue weighted by atomic mass is 35.5. The van der Waals surface area contributed by atoms with E-state index >= 15 is 0 Å². The summed E-state index contributed by atoms with van der Waals surface area (Å²) in [7, 11) is 0. The lowest BCUT2D eigenvalue weighted by atomic mass is 10.3. The summed E-state index contributed by atoms with van der Waals surface area (Å²) in [4.78, 5) is 27.4. The number of anilines is 1. The standard InChI is InChI=1S/C14H13Cl2N3O3S/c1-2-17-13(21)10-7-23-14(18-10)19-12(20)6-22-11-4-3-8(15)5-9(11)16/h3-5,7H,2,6H2,1H3,(H,17,21)(H,18,19,20). The van der Waals surface area contributed by atoms with Crippen molar-refractivity contribution < 1.29 is 14.3 Å². The van der Waals surface area contributed by atoms with Crippen LogP contribution in [0.1, 0.15) is 17.4 Å². The van der Waals surface area contributed by atoms with Crippen molar-refractivity contribution in [2.45, 2.75) is 6.92 Å². The average Bonchev–Trinajstić information content (AvgIpc) is 2.95. The lowest BCUT2D eigenvalue weighted by Crippen LogP contribution is -2.23. The van der Waals surface area contributed by atoms with E-state index in [1.807, 2.05) is 6.92 Å². The number of rotatable bonds is 6. The maximum atomic E-state index is 11.8. The van der Waals surface area contributed by atoms with Crippen LogP contribution in [0.2, 0.25) is 10.0 Å². The molecule has 0 fully saturated rings. The number of nitrogens with one attached hydrogen (secondary N) is 2. The van der Waals surface area contributed by atoms with Gasteiger partial charge in [0, 0.05) is 16.9 Å². The summed E-state index contributed by atoms with van der Waals surface area (Å²) in [5.41, 5.74) is 0.258. The molecule has 2 amide bonds. The molecule has 0 bridgehead atoms. The molecule has 0 saturated carbocycles. The Morgan fingerprint density at radius 3 is 2.83 bits per heavy atom. The first kappa shape index (κ1) is 17.5. The van der Waals surface area contributed by atoms with Crippen LogP contribution in [0, 0.1) is 0 Å². The van der Waals surface area contributed by atoms with Crippen molar-refractivity contribution in [1.29, 1.82) is 0 Å². The highest BCUT2D eigenvalue weighted by Crippen LogP contribution is 2.27. The Bertz CT molecular complexity index is 721. The summed E-state index contributed by atoms with van der Waals surface area (Å²) in [6.07, 6.45) is 0. The molecule has 0 saturated heterocycles. The third-order valence-electron chi connectivity index (χ3n) is 2.57. The van der Waals surface area contributed by atoms with Gasteiger partial charge in [-0.3, -0.25) is 14.9 Å². The number of hydrogen-bond donors (Lipinski definition) is 2. The van der Waals surface area contributed by atoms with Crippen LogP contribution in [0.5, 0.6) is 5.75 Å². The van der Waals surface area contributed by atoms with E-state index in [0.29, 0.717) is 27.5 Å². The van der Waals surface area contributed by atoms with Gasteiger partial charge in [-0.05, 0) is 25.1 Å². The zero-order valence-electron chi connectivity index (χ0n) is 12.1. The minimum atomic E-state index is -0.409. The summed E-state index contributed by atoms with van der Waals surface area (Å²) < 4.78 is 5.31. The van der Waals surface area contributed by atoms with E-state index in [4.69, 9.17) is 27.9 Å². The molecule has 1 heterocycles. The number of benzene rings is 1. The molecule has 2 N–H and O–H groups in total. The van der Waals surface area contributed by atoms with E-state index in [2.05, 4.69) is 15.6 Å². The van der Waals surface area contributed by atoms with E-state index in [1.165, 1.54) is 6.07 Å². The molecule has 6 nitrogen and oxygen atoms in total. The molecule has 1 aromatic heterocycles. The van der Waals surface area contributed by atoms with Crippen molar-refractivity contribution in [1.82, 2.24) is 10.3 Å². The molecule has 2 aromatic rings. The molecule has 0 radical (unpaired) electrons. The first-order valence-electron chi connectivity index (χ1n) is 6.61. The van der Waals surface area contributed by atoms with Crippen LogP contribution in [0.4, 0.5) is 5.13 Å². The molecule has 0 unspecified atom stereocenters. The second-order valence-corrected chi connectivity index (χ2v) is 6.01. The van der Waals surface area contributed by atoms with Gasteiger partial charge in [0.25, 0.3) is 11.8 Å². The topological polar surface area (TPSA) is 80.3 Å². The number of halogens is 2. The summed E-state index contributed by atoms with van der Waals surface area (Å²) in [5.74, 6) is -0.338. The predicted octanol–water partition coefficient (Wildman–Crippen LogP) is 3.22. The smallest absolute Gasteiger partial charge is 0.270 e. The second-order valence-electron chi connectivity index (χ2n) is 4.31. The second kappa shape index (κ2) is 8.14. The van der Waals surface area contributed by atoms with Gasteiger partial charge in [-0.2, -0.15) is 0 Å². The van der Waals surface area contributed by atoms with Crippen molar-refractivity contribution in [3.05, 3.63) is 39.3 Å². The maximum Gasteiger partial charge on any atom is 0.270 e. The molecule has 1 aromatic carbocycles. The zero-order chi connectivity index (χ0) is 16.8. The first-order valence-corrected chi connectivity index (χ1v) is 8.24. The summed E-state index contributed by atoms with van der Waals surface area (Å²) >= 11 is 12.9. The lowest BCUT2D eigenvalue weighted by Gasteiger charge is -2.07. The van der Waals surface area contributed by atoms with Crippen molar-refractivity contribution in [2.24, 2.45) is 0 Å². The third kappa shape index (κ3) is 5.09. The van der Waals surface area contributed by atoms with Gasteiger partial charge in [-0.25, -0.2) is 4.98 Å². The highest BCUT2D eigenvalue weighted by molar-refractivity contribution is 7.14. The Kier molecular flexibility index (Phi) is 6.20. The summed E-state index contributed by atoms with van der Waals surface area (Å²) in [5, 5.41) is 7.87. The number of amides is 2. The van der Waals surface area contributed by atoms with Gasteiger partial charge in [0.15, 0.2) is 11.7 Å². The van der Waals surface area contributed by atoms with Crippen LogP contribution >= 0.6 is 34.5 Å². The Labute approximate surface area is 146 Å². The highest BCUT2D eigenvalue weighted by Gasteiger charge is 2.12. The van der Waals surface area contributed by atoms with E-state index in [0.717, 1.165) is 11.3 Å². The van der Waals surface area contributed by atoms with Gasteiger partial charge in [-0.1, -0.05) is 23.2 Å². The van der Waals surface area contributed by atoms with Crippen LogP contribution in [-0.4, -0.2) is 29.9 Å². The van der Waals surface area contributed by atoms with Crippen molar-refractivity contribution in [3.63, 3.8) is 0 Å². The van der Waals surface area contributed by atoms with Crippen LogP contribution < -0.4 is 15.4 Å². The predicted molar refractivity (Wildman–Crippen MR) is 90.7 cm³/mol. The molecule has 23 heavy (non-hydrogen) atoms. The quantitative estimate of drug-likeness (QED) is 0.814. The molecule has 0 aliphatic rings. The molecule has 0 atom stereocenters. The van der Waals surface area contributed by atoms with Crippen molar-refractivity contribution in [2.75, 3.05) is 18.5 Å². The monoisotopic (exact) mass is 373 g/mol. The summed E-state index contributed by atoms with van der Waals surface area (Å²) in [6, 6.07) is 4.71. The fourth-order valence-corrected chi connectivity index (χ4v) is 2.75. The lowest BCUT2D eigenvalue weighted by molar-refractivity contribution is -0.118. The molecule has 0 aliphatic carbocycles. The van der Waals surface area contributed by atoms with Gasteiger partial charge in [0.1, 0.15) is 11.4 Å². The fraction of sp³-hybridized carbons (Fsp3) is 0.214. The van der Waals surface area contributed by atoms with E-state index in [1.54, 1.807) is 17.5 Å². The zero-order valence-corrected chi connectivity index (χ0v) is 14.4. The van der Waals surface area contributed by atoms with Crippen LogP contribution in [0.3, 0.4) is 0 Å². The first-order chi connectivity index (χ1) is 11.0. The van der Waals surface area contributed by atoms with Crippen LogP contribution in [0.25, 0.3) is 0 Å². The van der Waals surface area contributed by atoms with Gasteiger partial charge in [0.2, 0.25) is 0 Å². The number of nitrogens with zero attached hydrogens (tertiary/aromatic N) is 1. The van der Waals surface area contributed by atoms with E-state index < -0.39 is 5.91 Å². The molecular formula is C14H13Cl2N3O3S. The number of aromatic nitrogens is 1. The van der Waals surface area contributed by atoms with Gasteiger partial charge in [0.05, 0.1) is 5.02 Å². The number of carbonyl (C=O) groups is 2. The molecule has 0 aliphatic heterocycles. The SMILES string of the molecule is CCNC(=O)c1csc(NC(=O)COc2ccc(Cl)cc2Cl)n1. The Hall–Kier alpha value is -1.83. The van der Waals surface area contributed by atoms with Gasteiger partial charge >= 0.3 is 0 Å². The largest absolute Gasteiger partial charge is 0.482 e. The van der Waals surface area contributed by atoms with Crippen molar-refractivity contribution >= 4 is 51.5 Å². The molecule has 2 rings (SSSR count). The minimum absolute atomic E-state index is 0.239. The third-order valence-corrected chi connectivity index (χ3v) is 3.86. The van der Waals surface area contributed by atoms with E-state index in [9.17, 15) is 9.59 Å². The normalized spacial score (nSPS) is 10.2. The van der Waals surface area contributed by atoms with Crippen LogP contribution in [-0.2, 0) is 4.79 Å².